The molecule has 1 amide bonds. The first-order valence-corrected chi connectivity index (χ1v) is 5.16. The highest BCUT2D eigenvalue weighted by Gasteiger charge is 2.03. The lowest BCUT2D eigenvalue weighted by atomic mass is 10.1. The van der Waals surface area contributed by atoms with Crippen LogP contribution in [-0.2, 0) is 4.79 Å². The van der Waals surface area contributed by atoms with Gasteiger partial charge in [-0.15, -0.1) is 0 Å². The molecule has 3 heteroatoms. The smallest absolute Gasteiger partial charge is 0.229 e. The average Bonchev–Trinajstić information content (AvgIpc) is 2.32. The van der Waals surface area contributed by atoms with Gasteiger partial charge in [-0.1, -0.05) is 42.2 Å². The first kappa shape index (κ1) is 11.0. The zero-order chi connectivity index (χ0) is 12.3. The predicted molar refractivity (Wildman–Crippen MR) is 66.3 cm³/mol. The van der Waals surface area contributed by atoms with Crippen LogP contribution < -0.4 is 5.73 Å². The van der Waals surface area contributed by atoms with Gasteiger partial charge in [-0.05, 0) is 11.5 Å². The number of carbonyl (C=O) groups excluding carboxylic acids is 1. The van der Waals surface area contributed by atoms with Gasteiger partial charge in [-0.3, -0.25) is 4.79 Å². The van der Waals surface area contributed by atoms with E-state index in [9.17, 15) is 9.90 Å². The normalized spacial score (nSPS) is 9.65. The van der Waals surface area contributed by atoms with E-state index in [1.165, 1.54) is 0 Å². The molecule has 2 aromatic rings. The molecular formula is C14H11NO2. The van der Waals surface area contributed by atoms with Crippen LogP contribution in [0.3, 0.4) is 0 Å². The molecule has 0 saturated heterocycles. The number of hydrogen-bond acceptors (Lipinski definition) is 2. The molecule has 0 heterocycles. The van der Waals surface area contributed by atoms with E-state index in [-0.39, 0.29) is 12.2 Å². The van der Waals surface area contributed by atoms with E-state index in [0.29, 0.717) is 5.56 Å². The minimum atomic E-state index is -0.474. The Bertz CT molecular complexity index is 635. The van der Waals surface area contributed by atoms with Gasteiger partial charge in [0.1, 0.15) is 5.75 Å². The van der Waals surface area contributed by atoms with Gasteiger partial charge in [0.2, 0.25) is 5.91 Å². The van der Waals surface area contributed by atoms with E-state index in [4.69, 9.17) is 5.73 Å². The molecule has 0 unspecified atom stereocenters. The molecule has 0 aliphatic heterocycles. The van der Waals surface area contributed by atoms with Crippen LogP contribution in [0.15, 0.2) is 36.4 Å². The van der Waals surface area contributed by atoms with Crippen molar-refractivity contribution in [3.63, 3.8) is 0 Å². The van der Waals surface area contributed by atoms with Crippen LogP contribution in [0.25, 0.3) is 10.8 Å². The number of carbonyl (C=O) groups is 1. The molecule has 0 atom stereocenters. The molecule has 0 aromatic heterocycles. The molecule has 3 nitrogen and oxygen atoms in total. The fourth-order valence-corrected chi connectivity index (χ4v) is 1.58. The maximum absolute atomic E-state index is 10.5. The van der Waals surface area contributed by atoms with Crippen molar-refractivity contribution >= 4 is 16.7 Å². The largest absolute Gasteiger partial charge is 0.506 e. The van der Waals surface area contributed by atoms with Crippen molar-refractivity contribution in [2.24, 2.45) is 5.73 Å². The number of phenolic OH excluding ortho intramolecular Hbond substituents is 1. The zero-order valence-corrected chi connectivity index (χ0v) is 9.10. The number of phenols is 1. The summed E-state index contributed by atoms with van der Waals surface area (Å²) in [7, 11) is 0. The standard InChI is InChI=1S/C14H11NO2/c15-13(16)7-3-5-11-9-8-10-4-1-2-6-12(10)14(11)17/h1-2,4,6,8-9,17H,7H2,(H2,15,16). The van der Waals surface area contributed by atoms with E-state index >= 15 is 0 Å². The molecule has 2 rings (SSSR count). The third-order valence-corrected chi connectivity index (χ3v) is 2.39. The molecule has 0 spiro atoms. The van der Waals surface area contributed by atoms with Crippen molar-refractivity contribution in [1.29, 1.82) is 0 Å². The third kappa shape index (κ3) is 2.37. The summed E-state index contributed by atoms with van der Waals surface area (Å²) < 4.78 is 0. The van der Waals surface area contributed by atoms with Gasteiger partial charge in [0.15, 0.2) is 0 Å². The Kier molecular flexibility index (Phi) is 2.97. The summed E-state index contributed by atoms with van der Waals surface area (Å²) >= 11 is 0. The summed E-state index contributed by atoms with van der Waals surface area (Å²) in [6.45, 7) is 0. The summed E-state index contributed by atoms with van der Waals surface area (Å²) in [6, 6.07) is 11.1. The minimum Gasteiger partial charge on any atom is -0.506 e. The monoisotopic (exact) mass is 225 g/mol. The second kappa shape index (κ2) is 4.58. The van der Waals surface area contributed by atoms with E-state index in [1.54, 1.807) is 6.07 Å². The van der Waals surface area contributed by atoms with Gasteiger partial charge in [-0.25, -0.2) is 0 Å². The summed E-state index contributed by atoms with van der Waals surface area (Å²) in [5.74, 6) is 5.02. The predicted octanol–water partition coefficient (Wildman–Crippen LogP) is 1.77. The Morgan fingerprint density at radius 2 is 2.00 bits per heavy atom. The highest BCUT2D eigenvalue weighted by Crippen LogP contribution is 2.27. The van der Waals surface area contributed by atoms with Gasteiger partial charge in [-0.2, -0.15) is 0 Å². The molecule has 0 aliphatic carbocycles. The van der Waals surface area contributed by atoms with Crippen molar-refractivity contribution in [3.8, 4) is 17.6 Å². The van der Waals surface area contributed by atoms with Crippen LogP contribution in [0.2, 0.25) is 0 Å². The summed E-state index contributed by atoms with van der Waals surface area (Å²) in [4.78, 5) is 10.5. The SMILES string of the molecule is NC(=O)CC#Cc1ccc2ccccc2c1O. The second-order valence-corrected chi connectivity index (χ2v) is 3.63. The van der Waals surface area contributed by atoms with Crippen molar-refractivity contribution in [2.45, 2.75) is 6.42 Å². The van der Waals surface area contributed by atoms with E-state index < -0.39 is 5.91 Å². The van der Waals surface area contributed by atoms with Crippen molar-refractivity contribution in [2.75, 3.05) is 0 Å². The number of hydrogen-bond donors (Lipinski definition) is 2. The summed E-state index contributed by atoms with van der Waals surface area (Å²) in [6.07, 6.45) is -0.00767. The highest BCUT2D eigenvalue weighted by molar-refractivity contribution is 5.90. The number of nitrogens with two attached hydrogens (primary N) is 1. The number of rotatable bonds is 1. The Balaban J connectivity index is 2.45. The van der Waals surface area contributed by atoms with Crippen LogP contribution in [0, 0.1) is 11.8 Å². The Labute approximate surface area is 98.9 Å². The number of primary amides is 1. The van der Waals surface area contributed by atoms with Crippen molar-refractivity contribution in [3.05, 3.63) is 42.0 Å². The lowest BCUT2D eigenvalue weighted by Gasteiger charge is -2.02. The Morgan fingerprint density at radius 1 is 1.24 bits per heavy atom. The summed E-state index contributed by atoms with van der Waals surface area (Å²) in [5, 5.41) is 11.7. The lowest BCUT2D eigenvalue weighted by molar-refractivity contribution is -0.117. The van der Waals surface area contributed by atoms with E-state index in [2.05, 4.69) is 11.8 Å². The van der Waals surface area contributed by atoms with Gasteiger partial charge in [0.05, 0.1) is 12.0 Å². The quantitative estimate of drug-likeness (QED) is 0.726. The van der Waals surface area contributed by atoms with Crippen molar-refractivity contribution < 1.29 is 9.90 Å². The number of fused-ring (bicyclic) bond motifs is 1. The van der Waals surface area contributed by atoms with Crippen LogP contribution in [0.4, 0.5) is 0 Å². The minimum absolute atomic E-state index is 0.00767. The molecule has 0 bridgehead atoms. The van der Waals surface area contributed by atoms with Gasteiger partial charge in [0, 0.05) is 5.39 Å². The van der Waals surface area contributed by atoms with Crippen LogP contribution >= 0.6 is 0 Å². The Morgan fingerprint density at radius 3 is 2.76 bits per heavy atom. The summed E-state index contributed by atoms with van der Waals surface area (Å²) in [5.41, 5.74) is 5.49. The molecule has 3 N–H and O–H groups in total. The lowest BCUT2D eigenvalue weighted by Crippen LogP contribution is -2.08. The molecule has 17 heavy (non-hydrogen) atoms. The molecular weight excluding hydrogens is 214 g/mol. The second-order valence-electron chi connectivity index (χ2n) is 3.63. The molecule has 0 aliphatic rings. The average molecular weight is 225 g/mol. The van der Waals surface area contributed by atoms with Gasteiger partial charge < -0.3 is 10.8 Å². The number of benzene rings is 2. The van der Waals surface area contributed by atoms with E-state index in [0.717, 1.165) is 10.8 Å². The van der Waals surface area contributed by atoms with Crippen LogP contribution in [0.5, 0.6) is 5.75 Å². The topological polar surface area (TPSA) is 63.3 Å². The highest BCUT2D eigenvalue weighted by atomic mass is 16.3. The maximum atomic E-state index is 10.5. The fourth-order valence-electron chi connectivity index (χ4n) is 1.58. The molecule has 0 saturated carbocycles. The van der Waals surface area contributed by atoms with Crippen LogP contribution in [-0.4, -0.2) is 11.0 Å². The number of amides is 1. The molecule has 2 aromatic carbocycles. The van der Waals surface area contributed by atoms with Crippen LogP contribution in [0.1, 0.15) is 12.0 Å². The van der Waals surface area contributed by atoms with Gasteiger partial charge >= 0.3 is 0 Å². The first-order valence-electron chi connectivity index (χ1n) is 5.16. The maximum Gasteiger partial charge on any atom is 0.229 e. The van der Waals surface area contributed by atoms with Gasteiger partial charge in [0.25, 0.3) is 0 Å². The molecule has 0 radical (unpaired) electrons. The number of aromatic hydroxyl groups is 1. The van der Waals surface area contributed by atoms with Crippen molar-refractivity contribution in [1.82, 2.24) is 0 Å². The Hall–Kier alpha value is -2.47. The molecule has 84 valence electrons. The van der Waals surface area contributed by atoms with E-state index in [1.807, 2.05) is 30.3 Å². The first-order chi connectivity index (χ1) is 8.18. The third-order valence-electron chi connectivity index (χ3n) is 2.39. The fraction of sp³-hybridized carbons (Fsp3) is 0.0714. The zero-order valence-electron chi connectivity index (χ0n) is 9.10. The molecule has 0 fully saturated rings.